The smallest absolute Gasteiger partial charge is 0.338 e. The predicted molar refractivity (Wildman–Crippen MR) is 169 cm³/mol. The van der Waals surface area contributed by atoms with Gasteiger partial charge < -0.3 is 33.0 Å². The number of esters is 1. The normalized spacial score (nSPS) is 17.9. The third-order valence-electron chi connectivity index (χ3n) is 8.63. The number of pyridine rings is 1. The van der Waals surface area contributed by atoms with Gasteiger partial charge in [0, 0.05) is 49.1 Å². The van der Waals surface area contributed by atoms with Crippen LogP contribution in [0.4, 0.5) is 0 Å². The summed E-state index contributed by atoms with van der Waals surface area (Å²) in [6.07, 6.45) is 7.29. The van der Waals surface area contributed by atoms with Gasteiger partial charge >= 0.3 is 5.97 Å². The molecule has 232 valence electrons. The summed E-state index contributed by atoms with van der Waals surface area (Å²) in [4.78, 5) is 15.4. The fourth-order valence-electron chi connectivity index (χ4n) is 6.31. The van der Waals surface area contributed by atoms with Crippen LogP contribution in [-0.2, 0) is 20.6 Å². The Morgan fingerprint density at radius 3 is 2.33 bits per heavy atom. The molecule has 0 saturated carbocycles. The van der Waals surface area contributed by atoms with Gasteiger partial charge in [-0.05, 0) is 87.8 Å². The number of aromatic nitrogens is 1. The SMILES string of the molecule is C=C(c1c(C)c(C(=O)OC(C)C)cc2cc(-c3cc(OC)c(CC4CCCCOCC4)c(OC)c3)cn12)N1CCOCC1. The van der Waals surface area contributed by atoms with E-state index in [-0.39, 0.29) is 12.1 Å². The highest BCUT2D eigenvalue weighted by Crippen LogP contribution is 2.39. The molecule has 1 unspecified atom stereocenters. The van der Waals surface area contributed by atoms with Gasteiger partial charge in [-0.3, -0.25) is 0 Å². The standard InChI is InChI=1S/C35H46N2O6/c1-23(2)43-35(38)30-21-29-18-28(22-37(29)34(24(30)3)25(4)36-11-15-42-16-12-36)27-19-32(39-5)31(33(20-27)40-6)17-26-9-7-8-13-41-14-10-26/h18-23,26H,4,7-17H2,1-3,5-6H3. The minimum atomic E-state index is -0.332. The van der Waals surface area contributed by atoms with Gasteiger partial charge in [-0.1, -0.05) is 13.0 Å². The molecule has 1 aromatic carbocycles. The molecule has 2 aromatic heterocycles. The number of rotatable bonds is 9. The second kappa shape index (κ2) is 13.9. The van der Waals surface area contributed by atoms with Crippen LogP contribution >= 0.6 is 0 Å². The number of fused-ring (bicyclic) bond motifs is 1. The molecule has 0 amide bonds. The van der Waals surface area contributed by atoms with E-state index in [1.54, 1.807) is 14.2 Å². The summed E-state index contributed by atoms with van der Waals surface area (Å²) in [5.41, 5.74) is 7.09. The molecule has 0 N–H and O–H groups in total. The second-order valence-electron chi connectivity index (χ2n) is 11.9. The molecule has 8 nitrogen and oxygen atoms in total. The van der Waals surface area contributed by atoms with Crippen molar-refractivity contribution in [3.05, 3.63) is 59.4 Å². The van der Waals surface area contributed by atoms with E-state index in [9.17, 15) is 4.79 Å². The third kappa shape index (κ3) is 6.86. The number of carbonyl (C=O) groups excluding carboxylic acids is 1. The average molecular weight is 591 g/mol. The van der Waals surface area contributed by atoms with Crippen molar-refractivity contribution in [3.63, 3.8) is 0 Å². The Labute approximate surface area is 255 Å². The molecule has 0 bridgehead atoms. The molecule has 2 aliphatic rings. The molecule has 2 fully saturated rings. The molecular weight excluding hydrogens is 544 g/mol. The molecule has 3 aromatic rings. The van der Waals surface area contributed by atoms with Crippen molar-refractivity contribution < 1.29 is 28.5 Å². The molecule has 0 radical (unpaired) electrons. The van der Waals surface area contributed by atoms with E-state index in [2.05, 4.69) is 40.3 Å². The molecular formula is C35H46N2O6. The third-order valence-corrected chi connectivity index (χ3v) is 8.63. The fourth-order valence-corrected chi connectivity index (χ4v) is 6.31. The van der Waals surface area contributed by atoms with Gasteiger partial charge in [0.05, 0.1) is 50.5 Å². The molecule has 2 aliphatic heterocycles. The number of benzene rings is 1. The van der Waals surface area contributed by atoms with E-state index in [0.29, 0.717) is 24.7 Å². The van der Waals surface area contributed by atoms with Gasteiger partial charge in [0.2, 0.25) is 0 Å². The largest absolute Gasteiger partial charge is 0.496 e. The quantitative estimate of drug-likeness (QED) is 0.262. The van der Waals surface area contributed by atoms with Gasteiger partial charge in [-0.25, -0.2) is 4.79 Å². The number of morpholine rings is 1. The summed E-state index contributed by atoms with van der Waals surface area (Å²) < 4.78 is 31.0. The number of hydrogen-bond acceptors (Lipinski definition) is 7. The zero-order chi connectivity index (χ0) is 30.5. The topological polar surface area (TPSA) is 70.9 Å². The fraction of sp³-hybridized carbons (Fsp3) is 0.514. The van der Waals surface area contributed by atoms with Crippen molar-refractivity contribution in [1.29, 1.82) is 0 Å². The predicted octanol–water partition coefficient (Wildman–Crippen LogP) is 6.55. The Balaban J connectivity index is 1.58. The molecule has 1 atom stereocenters. The minimum Gasteiger partial charge on any atom is -0.496 e. The first kappa shape index (κ1) is 31.0. The number of ether oxygens (including phenoxy) is 5. The first-order valence-electron chi connectivity index (χ1n) is 15.5. The van der Waals surface area contributed by atoms with Crippen LogP contribution in [0.5, 0.6) is 11.5 Å². The van der Waals surface area contributed by atoms with Crippen molar-refractivity contribution in [2.24, 2.45) is 5.92 Å². The van der Waals surface area contributed by atoms with E-state index >= 15 is 0 Å². The van der Waals surface area contributed by atoms with Crippen LogP contribution in [0.15, 0.2) is 37.0 Å². The van der Waals surface area contributed by atoms with E-state index in [0.717, 1.165) is 96.2 Å². The van der Waals surface area contributed by atoms with Gasteiger partial charge in [0.1, 0.15) is 11.5 Å². The molecule has 4 heterocycles. The Kier molecular flexibility index (Phi) is 9.98. The number of nitrogens with zero attached hydrogens (tertiary/aromatic N) is 2. The lowest BCUT2D eigenvalue weighted by Gasteiger charge is -2.31. The highest BCUT2D eigenvalue weighted by molar-refractivity contribution is 5.94. The van der Waals surface area contributed by atoms with Gasteiger partial charge in [0.25, 0.3) is 0 Å². The van der Waals surface area contributed by atoms with E-state index < -0.39 is 0 Å². The summed E-state index contributed by atoms with van der Waals surface area (Å²) in [5.74, 6) is 1.83. The van der Waals surface area contributed by atoms with Gasteiger partial charge in [0.15, 0.2) is 0 Å². The van der Waals surface area contributed by atoms with Crippen LogP contribution in [0.3, 0.4) is 0 Å². The molecule has 0 aliphatic carbocycles. The summed E-state index contributed by atoms with van der Waals surface area (Å²) in [6.45, 7) is 14.6. The van der Waals surface area contributed by atoms with Crippen molar-refractivity contribution >= 4 is 17.2 Å². The molecule has 0 spiro atoms. The van der Waals surface area contributed by atoms with Crippen LogP contribution in [0.1, 0.15) is 66.7 Å². The summed E-state index contributed by atoms with van der Waals surface area (Å²) in [5, 5.41) is 0. The zero-order valence-corrected chi connectivity index (χ0v) is 26.4. The van der Waals surface area contributed by atoms with E-state index in [1.807, 2.05) is 26.8 Å². The van der Waals surface area contributed by atoms with Crippen LogP contribution < -0.4 is 9.47 Å². The Hall–Kier alpha value is -3.49. The maximum Gasteiger partial charge on any atom is 0.338 e. The van der Waals surface area contributed by atoms with E-state index in [4.69, 9.17) is 23.7 Å². The van der Waals surface area contributed by atoms with Crippen LogP contribution in [0, 0.1) is 12.8 Å². The first-order valence-corrected chi connectivity index (χ1v) is 15.5. The van der Waals surface area contributed by atoms with Crippen molar-refractivity contribution in [2.75, 3.05) is 53.7 Å². The van der Waals surface area contributed by atoms with Crippen LogP contribution in [-0.4, -0.2) is 75.1 Å². The van der Waals surface area contributed by atoms with Crippen LogP contribution in [0.2, 0.25) is 0 Å². The monoisotopic (exact) mass is 590 g/mol. The van der Waals surface area contributed by atoms with Crippen molar-refractivity contribution in [1.82, 2.24) is 9.30 Å². The summed E-state index contributed by atoms with van der Waals surface area (Å²) in [7, 11) is 3.44. The van der Waals surface area contributed by atoms with Crippen molar-refractivity contribution in [3.8, 4) is 22.6 Å². The van der Waals surface area contributed by atoms with Gasteiger partial charge in [-0.2, -0.15) is 0 Å². The average Bonchev–Trinajstić information content (AvgIpc) is 3.41. The highest BCUT2D eigenvalue weighted by Gasteiger charge is 2.25. The summed E-state index contributed by atoms with van der Waals surface area (Å²) in [6, 6.07) is 8.22. The van der Waals surface area contributed by atoms with Crippen LogP contribution in [0.25, 0.3) is 22.3 Å². The number of hydrogen-bond donors (Lipinski definition) is 0. The summed E-state index contributed by atoms with van der Waals surface area (Å²) >= 11 is 0. The second-order valence-corrected chi connectivity index (χ2v) is 11.9. The number of methoxy groups -OCH3 is 2. The lowest BCUT2D eigenvalue weighted by Crippen LogP contribution is -2.35. The maximum atomic E-state index is 13.2. The molecule has 8 heteroatoms. The lowest BCUT2D eigenvalue weighted by atomic mass is 9.89. The number of carbonyl (C=O) groups is 1. The minimum absolute atomic E-state index is 0.218. The zero-order valence-electron chi connectivity index (χ0n) is 26.4. The Morgan fingerprint density at radius 1 is 0.953 bits per heavy atom. The first-order chi connectivity index (χ1) is 20.8. The molecule has 2 saturated heterocycles. The molecule has 43 heavy (non-hydrogen) atoms. The van der Waals surface area contributed by atoms with E-state index in [1.165, 1.54) is 12.8 Å². The van der Waals surface area contributed by atoms with Crippen molar-refractivity contribution in [2.45, 2.75) is 59.0 Å². The van der Waals surface area contributed by atoms with Gasteiger partial charge in [-0.15, -0.1) is 0 Å². The Morgan fingerprint density at radius 2 is 1.65 bits per heavy atom. The highest BCUT2D eigenvalue weighted by atomic mass is 16.5. The maximum absolute atomic E-state index is 13.2. The Bertz CT molecular complexity index is 1420. The molecule has 5 rings (SSSR count). The lowest BCUT2D eigenvalue weighted by molar-refractivity contribution is 0.0376.